The molecule has 1 saturated heterocycles. The van der Waals surface area contributed by atoms with Gasteiger partial charge in [-0.25, -0.2) is 8.81 Å². The average Bonchev–Trinajstić information content (AvgIpc) is 2.73. The summed E-state index contributed by atoms with van der Waals surface area (Å²) in [5.41, 5.74) is 1.46. The van der Waals surface area contributed by atoms with Crippen molar-refractivity contribution in [3.63, 3.8) is 0 Å². The second-order valence-corrected chi connectivity index (χ2v) is 4.87. The van der Waals surface area contributed by atoms with Gasteiger partial charge in [0.2, 0.25) is 0 Å². The lowest BCUT2D eigenvalue weighted by atomic mass is 9.92. The third-order valence-corrected chi connectivity index (χ3v) is 3.63. The van der Waals surface area contributed by atoms with Gasteiger partial charge in [0.15, 0.2) is 5.58 Å². The molecule has 1 aliphatic rings. The quantitative estimate of drug-likeness (QED) is 0.732. The predicted octanol–water partition coefficient (Wildman–Crippen LogP) is 3.30. The minimum absolute atomic E-state index is 0.296. The van der Waals surface area contributed by atoms with Gasteiger partial charge in [0.1, 0.15) is 5.82 Å². The Morgan fingerprint density at radius 1 is 1.35 bits per heavy atom. The number of hydrogen-bond acceptors (Lipinski definition) is 3. The Bertz CT molecular complexity index is 534. The zero-order valence-corrected chi connectivity index (χ0v) is 9.95. The molecule has 0 unspecified atom stereocenters. The van der Waals surface area contributed by atoms with Crippen molar-refractivity contribution < 1.29 is 8.91 Å². The number of nitrogens with zero attached hydrogens (tertiary/aromatic N) is 2. The Kier molecular flexibility index (Phi) is 2.76. The first-order chi connectivity index (χ1) is 8.24. The predicted molar refractivity (Wildman–Crippen MR) is 63.4 cm³/mol. The second kappa shape index (κ2) is 4.27. The number of halogens is 2. The zero-order valence-electron chi connectivity index (χ0n) is 9.20. The third kappa shape index (κ3) is 2.03. The lowest BCUT2D eigenvalue weighted by Crippen LogP contribution is -2.25. The highest BCUT2D eigenvalue weighted by molar-refractivity contribution is 6.13. The summed E-state index contributed by atoms with van der Waals surface area (Å²) in [5.74, 6) is 0.0625. The van der Waals surface area contributed by atoms with Crippen molar-refractivity contribution in [1.29, 1.82) is 0 Å². The molecular weight excluding hydrogens is 243 g/mol. The summed E-state index contributed by atoms with van der Waals surface area (Å²) in [4.78, 5) is 0. The van der Waals surface area contributed by atoms with Crippen LogP contribution in [-0.2, 0) is 0 Å². The fourth-order valence-electron chi connectivity index (χ4n) is 2.35. The molecule has 0 radical (unpaired) electrons. The van der Waals surface area contributed by atoms with E-state index >= 15 is 0 Å². The molecule has 0 aliphatic carbocycles. The van der Waals surface area contributed by atoms with E-state index in [4.69, 9.17) is 16.3 Å². The van der Waals surface area contributed by atoms with Crippen LogP contribution in [0, 0.1) is 5.82 Å². The van der Waals surface area contributed by atoms with E-state index in [0.717, 1.165) is 37.0 Å². The van der Waals surface area contributed by atoms with Crippen molar-refractivity contribution in [1.82, 2.24) is 9.58 Å². The van der Waals surface area contributed by atoms with Gasteiger partial charge in [-0.05, 0) is 36.8 Å². The molecule has 90 valence electrons. The van der Waals surface area contributed by atoms with Gasteiger partial charge in [-0.2, -0.15) is 0 Å². The molecule has 0 saturated carbocycles. The smallest absolute Gasteiger partial charge is 0.170 e. The van der Waals surface area contributed by atoms with Crippen LogP contribution in [0.5, 0.6) is 0 Å². The van der Waals surface area contributed by atoms with Crippen LogP contribution in [0.1, 0.15) is 24.5 Å². The SMILES string of the molecule is Fc1ccc2c(C3CCN(Cl)CC3)noc2c1. The van der Waals surface area contributed by atoms with E-state index in [-0.39, 0.29) is 5.82 Å². The van der Waals surface area contributed by atoms with Crippen molar-refractivity contribution >= 4 is 22.7 Å². The van der Waals surface area contributed by atoms with Gasteiger partial charge in [0.05, 0.1) is 5.69 Å². The summed E-state index contributed by atoms with van der Waals surface area (Å²) in [7, 11) is 0. The third-order valence-electron chi connectivity index (χ3n) is 3.29. The van der Waals surface area contributed by atoms with Crippen molar-refractivity contribution in [3.05, 3.63) is 29.7 Å². The van der Waals surface area contributed by atoms with Gasteiger partial charge >= 0.3 is 0 Å². The van der Waals surface area contributed by atoms with Gasteiger partial charge < -0.3 is 4.52 Å². The molecule has 1 aromatic heterocycles. The van der Waals surface area contributed by atoms with Crippen molar-refractivity contribution in [2.45, 2.75) is 18.8 Å². The fraction of sp³-hybridized carbons (Fsp3) is 0.417. The lowest BCUT2D eigenvalue weighted by Gasteiger charge is -2.25. The summed E-state index contributed by atoms with van der Waals surface area (Å²) in [6.45, 7) is 1.70. The highest BCUT2D eigenvalue weighted by Gasteiger charge is 2.24. The van der Waals surface area contributed by atoms with Gasteiger partial charge in [0, 0.05) is 30.5 Å². The standard InChI is InChI=1S/C12H12ClFN2O/c13-16-5-3-8(4-6-16)12-10-2-1-9(14)7-11(10)17-15-12/h1-2,7-8H,3-6H2. The molecule has 3 nitrogen and oxygen atoms in total. The van der Waals surface area contributed by atoms with Gasteiger partial charge in [0.25, 0.3) is 0 Å². The maximum absolute atomic E-state index is 13.0. The first kappa shape index (κ1) is 11.0. The monoisotopic (exact) mass is 254 g/mol. The number of piperidine rings is 1. The molecule has 0 spiro atoms. The van der Waals surface area contributed by atoms with E-state index in [0.29, 0.717) is 11.5 Å². The van der Waals surface area contributed by atoms with Crippen molar-refractivity contribution in [2.24, 2.45) is 0 Å². The maximum Gasteiger partial charge on any atom is 0.170 e. The fourth-order valence-corrected chi connectivity index (χ4v) is 2.54. The molecule has 5 heteroatoms. The molecular formula is C12H12ClFN2O. The summed E-state index contributed by atoms with van der Waals surface area (Å²) in [6, 6.07) is 4.56. The van der Waals surface area contributed by atoms with Crippen LogP contribution in [0.4, 0.5) is 4.39 Å². The number of benzene rings is 1. The van der Waals surface area contributed by atoms with Crippen molar-refractivity contribution in [3.8, 4) is 0 Å². The van der Waals surface area contributed by atoms with Crippen LogP contribution in [0.3, 0.4) is 0 Å². The Morgan fingerprint density at radius 2 is 2.12 bits per heavy atom. The van der Waals surface area contributed by atoms with Gasteiger partial charge in [-0.15, -0.1) is 0 Å². The molecule has 1 aliphatic heterocycles. The minimum Gasteiger partial charge on any atom is -0.356 e. The van der Waals surface area contributed by atoms with Crippen LogP contribution in [0.2, 0.25) is 0 Å². The molecule has 1 fully saturated rings. The highest BCUT2D eigenvalue weighted by Crippen LogP contribution is 2.32. The van der Waals surface area contributed by atoms with Crippen molar-refractivity contribution in [2.75, 3.05) is 13.1 Å². The normalized spacial score (nSPS) is 18.9. The van der Waals surface area contributed by atoms with Gasteiger partial charge in [-0.1, -0.05) is 5.16 Å². The minimum atomic E-state index is -0.296. The second-order valence-electron chi connectivity index (χ2n) is 4.39. The van der Waals surface area contributed by atoms with Crippen LogP contribution in [0.25, 0.3) is 11.0 Å². The first-order valence-electron chi connectivity index (χ1n) is 5.69. The number of rotatable bonds is 1. The molecule has 2 heterocycles. The molecule has 0 amide bonds. The van der Waals surface area contributed by atoms with E-state index in [1.165, 1.54) is 12.1 Å². The van der Waals surface area contributed by atoms with Crippen LogP contribution < -0.4 is 0 Å². The van der Waals surface area contributed by atoms with Crippen LogP contribution >= 0.6 is 11.8 Å². The van der Waals surface area contributed by atoms with E-state index in [9.17, 15) is 4.39 Å². The van der Waals surface area contributed by atoms with E-state index in [2.05, 4.69) is 5.16 Å². The van der Waals surface area contributed by atoms with E-state index in [1.54, 1.807) is 10.5 Å². The Labute approximate surface area is 103 Å². The summed E-state index contributed by atoms with van der Waals surface area (Å²) in [5, 5.41) is 5.00. The first-order valence-corrected chi connectivity index (χ1v) is 6.03. The molecule has 0 atom stereocenters. The molecule has 0 bridgehead atoms. The van der Waals surface area contributed by atoms with Gasteiger partial charge in [-0.3, -0.25) is 0 Å². The lowest BCUT2D eigenvalue weighted by molar-refractivity contribution is 0.324. The molecule has 17 heavy (non-hydrogen) atoms. The Hall–Kier alpha value is -1.13. The molecule has 2 aromatic rings. The Balaban J connectivity index is 1.95. The molecule has 3 rings (SSSR count). The van der Waals surface area contributed by atoms with E-state index < -0.39 is 0 Å². The summed E-state index contributed by atoms with van der Waals surface area (Å²) < 4.78 is 20.0. The number of aromatic nitrogens is 1. The molecule has 1 aromatic carbocycles. The number of hydrogen-bond donors (Lipinski definition) is 0. The summed E-state index contributed by atoms with van der Waals surface area (Å²) in [6.07, 6.45) is 1.92. The molecule has 0 N–H and O–H groups in total. The Morgan fingerprint density at radius 3 is 2.88 bits per heavy atom. The van der Waals surface area contributed by atoms with Crippen LogP contribution in [0.15, 0.2) is 22.7 Å². The van der Waals surface area contributed by atoms with Crippen LogP contribution in [-0.4, -0.2) is 22.7 Å². The zero-order chi connectivity index (χ0) is 11.8. The largest absolute Gasteiger partial charge is 0.356 e. The highest BCUT2D eigenvalue weighted by atomic mass is 35.5. The van der Waals surface area contributed by atoms with E-state index in [1.807, 2.05) is 0 Å². The average molecular weight is 255 g/mol. The topological polar surface area (TPSA) is 29.3 Å². The summed E-state index contributed by atoms with van der Waals surface area (Å²) >= 11 is 5.92. The number of fused-ring (bicyclic) bond motifs is 1. The maximum atomic E-state index is 13.0.